The molecule has 0 saturated carbocycles. The summed E-state index contributed by atoms with van der Waals surface area (Å²) >= 11 is 0. The van der Waals surface area contributed by atoms with E-state index in [1.807, 2.05) is 0 Å². The van der Waals surface area contributed by atoms with Gasteiger partial charge in [-0.25, -0.2) is 9.69 Å². The zero-order chi connectivity index (χ0) is 18.0. The van der Waals surface area contributed by atoms with Gasteiger partial charge in [0.05, 0.1) is 31.1 Å². The second-order valence-corrected chi connectivity index (χ2v) is 6.79. The van der Waals surface area contributed by atoms with Gasteiger partial charge in [-0.2, -0.15) is 0 Å². The quantitative estimate of drug-likeness (QED) is 0.585. The highest BCUT2D eigenvalue weighted by Gasteiger charge is 2.41. The van der Waals surface area contributed by atoms with E-state index in [0.717, 1.165) is 11.3 Å². The van der Waals surface area contributed by atoms with Crippen molar-refractivity contribution in [2.45, 2.75) is 20.3 Å². The van der Waals surface area contributed by atoms with Gasteiger partial charge in [-0.15, -0.1) is 0 Å². The Balaban J connectivity index is 1.56. The molecule has 0 unspecified atom stereocenters. The predicted molar refractivity (Wildman–Crippen MR) is 91.1 cm³/mol. The van der Waals surface area contributed by atoms with Crippen LogP contribution in [0.5, 0.6) is 0 Å². The topological polar surface area (TPSA) is 72.9 Å². The fourth-order valence-corrected chi connectivity index (χ4v) is 2.96. The Bertz CT molecular complexity index is 698. The number of ether oxygens (including phenoxy) is 2. The van der Waals surface area contributed by atoms with Crippen LogP contribution in [0.15, 0.2) is 36.4 Å². The molecule has 2 heterocycles. The van der Waals surface area contributed by atoms with Crippen LogP contribution in [-0.4, -0.2) is 37.6 Å². The molecule has 1 fully saturated rings. The maximum atomic E-state index is 12.2. The molecule has 2 amide bonds. The largest absolute Gasteiger partial charge is 0.462 e. The molecule has 132 valence electrons. The highest BCUT2D eigenvalue weighted by atomic mass is 16.5. The van der Waals surface area contributed by atoms with E-state index in [-0.39, 0.29) is 17.2 Å². The van der Waals surface area contributed by atoms with E-state index in [1.165, 1.54) is 12.2 Å². The number of benzene rings is 1. The molecule has 1 saturated heterocycles. The summed E-state index contributed by atoms with van der Waals surface area (Å²) in [5, 5.41) is 0. The summed E-state index contributed by atoms with van der Waals surface area (Å²) in [6, 6.07) is 6.24. The maximum Gasteiger partial charge on any atom is 0.338 e. The Hall–Kier alpha value is -2.47. The second kappa shape index (κ2) is 6.80. The highest BCUT2D eigenvalue weighted by molar-refractivity contribution is 6.28. The summed E-state index contributed by atoms with van der Waals surface area (Å²) < 4.78 is 10.7. The first-order chi connectivity index (χ1) is 11.9. The van der Waals surface area contributed by atoms with Crippen LogP contribution in [0.4, 0.5) is 5.69 Å². The lowest BCUT2D eigenvalue weighted by Gasteiger charge is -2.44. The van der Waals surface area contributed by atoms with Crippen LogP contribution in [0.2, 0.25) is 0 Å². The fourth-order valence-electron chi connectivity index (χ4n) is 2.96. The van der Waals surface area contributed by atoms with E-state index in [4.69, 9.17) is 9.47 Å². The molecule has 2 aliphatic rings. The van der Waals surface area contributed by atoms with E-state index in [0.29, 0.717) is 37.0 Å². The third kappa shape index (κ3) is 3.35. The third-order valence-electron chi connectivity index (χ3n) is 5.01. The molecule has 6 nitrogen and oxygen atoms in total. The number of esters is 1. The molecule has 25 heavy (non-hydrogen) atoms. The summed E-state index contributed by atoms with van der Waals surface area (Å²) in [5.74, 6) is -0.713. The predicted octanol–water partition coefficient (Wildman–Crippen LogP) is 2.34. The molecule has 0 radical (unpaired) electrons. The van der Waals surface area contributed by atoms with Gasteiger partial charge in [-0.05, 0) is 36.6 Å². The summed E-state index contributed by atoms with van der Waals surface area (Å²) in [5.41, 5.74) is 0.925. The first-order valence-corrected chi connectivity index (χ1v) is 8.34. The van der Waals surface area contributed by atoms with Crippen molar-refractivity contribution in [3.63, 3.8) is 0 Å². The van der Waals surface area contributed by atoms with Crippen molar-refractivity contribution < 1.29 is 23.9 Å². The fraction of sp³-hybridized carbons (Fsp3) is 0.421. The molecule has 0 aliphatic carbocycles. The smallest absolute Gasteiger partial charge is 0.338 e. The van der Waals surface area contributed by atoms with Crippen molar-refractivity contribution in [1.82, 2.24) is 0 Å². The normalized spacial score (nSPS) is 18.6. The van der Waals surface area contributed by atoms with E-state index < -0.39 is 5.97 Å². The van der Waals surface area contributed by atoms with Crippen molar-refractivity contribution in [2.75, 3.05) is 24.7 Å². The number of nitrogens with zero attached hydrogens (tertiary/aromatic N) is 1. The maximum absolute atomic E-state index is 12.2. The van der Waals surface area contributed by atoms with Gasteiger partial charge in [0.15, 0.2) is 0 Å². The minimum Gasteiger partial charge on any atom is -0.462 e. The first-order valence-electron chi connectivity index (χ1n) is 8.34. The monoisotopic (exact) mass is 343 g/mol. The average molecular weight is 343 g/mol. The van der Waals surface area contributed by atoms with Crippen molar-refractivity contribution in [2.24, 2.45) is 11.3 Å². The lowest BCUT2D eigenvalue weighted by Crippen LogP contribution is -2.47. The van der Waals surface area contributed by atoms with Gasteiger partial charge in [0.25, 0.3) is 11.8 Å². The number of carbonyl (C=O) groups excluding carboxylic acids is 3. The van der Waals surface area contributed by atoms with Crippen LogP contribution >= 0.6 is 0 Å². The number of amides is 2. The van der Waals surface area contributed by atoms with Gasteiger partial charge in [-0.3, -0.25) is 9.59 Å². The molecule has 6 heteroatoms. The van der Waals surface area contributed by atoms with Crippen molar-refractivity contribution in [3.05, 3.63) is 42.0 Å². The van der Waals surface area contributed by atoms with E-state index in [9.17, 15) is 14.4 Å². The van der Waals surface area contributed by atoms with Crippen LogP contribution in [-0.2, 0) is 19.1 Å². The van der Waals surface area contributed by atoms with E-state index in [2.05, 4.69) is 13.8 Å². The lowest BCUT2D eigenvalue weighted by atomic mass is 9.73. The minimum atomic E-state index is -0.414. The van der Waals surface area contributed by atoms with Gasteiger partial charge in [0.1, 0.15) is 0 Å². The van der Waals surface area contributed by atoms with Crippen LogP contribution in [0.1, 0.15) is 30.6 Å². The molecule has 3 rings (SSSR count). The standard InChI is InChI=1S/C19H21NO5/c1-13(2)19(11-24-12-19)9-10-25-18(23)14-3-5-15(6-4-14)20-16(21)7-8-17(20)22/h3-8,13H,9-12H2,1-2H3. The summed E-state index contributed by atoms with van der Waals surface area (Å²) in [6.07, 6.45) is 3.22. The van der Waals surface area contributed by atoms with E-state index in [1.54, 1.807) is 24.3 Å². The molecule has 2 aliphatic heterocycles. The van der Waals surface area contributed by atoms with Gasteiger partial charge < -0.3 is 9.47 Å². The van der Waals surface area contributed by atoms with Gasteiger partial charge >= 0.3 is 5.97 Å². The lowest BCUT2D eigenvalue weighted by molar-refractivity contribution is -0.148. The molecular weight excluding hydrogens is 322 g/mol. The SMILES string of the molecule is CC(C)C1(CCOC(=O)c2ccc(N3C(=O)C=CC3=O)cc2)COC1. The number of anilines is 1. The minimum absolute atomic E-state index is 0.105. The molecule has 0 bridgehead atoms. The molecular formula is C19H21NO5. The summed E-state index contributed by atoms with van der Waals surface area (Å²) in [6.45, 7) is 6.07. The van der Waals surface area contributed by atoms with Gasteiger partial charge in [0.2, 0.25) is 0 Å². The summed E-state index contributed by atoms with van der Waals surface area (Å²) in [4.78, 5) is 36.5. The second-order valence-electron chi connectivity index (χ2n) is 6.79. The number of hydrogen-bond acceptors (Lipinski definition) is 5. The van der Waals surface area contributed by atoms with E-state index >= 15 is 0 Å². The zero-order valence-electron chi connectivity index (χ0n) is 14.4. The van der Waals surface area contributed by atoms with Crippen LogP contribution in [0, 0.1) is 11.3 Å². The van der Waals surface area contributed by atoms with Crippen molar-refractivity contribution in [3.8, 4) is 0 Å². The number of hydrogen-bond donors (Lipinski definition) is 0. The molecule has 0 N–H and O–H groups in total. The molecule has 0 spiro atoms. The van der Waals surface area contributed by atoms with Gasteiger partial charge in [0, 0.05) is 17.6 Å². The van der Waals surface area contributed by atoms with Crippen molar-refractivity contribution in [1.29, 1.82) is 0 Å². The van der Waals surface area contributed by atoms with Crippen LogP contribution in [0.25, 0.3) is 0 Å². The Labute approximate surface area is 146 Å². The van der Waals surface area contributed by atoms with Crippen molar-refractivity contribution >= 4 is 23.5 Å². The number of carbonyl (C=O) groups is 3. The first kappa shape index (κ1) is 17.4. The summed E-state index contributed by atoms with van der Waals surface area (Å²) in [7, 11) is 0. The Kier molecular flexibility index (Phi) is 4.72. The highest BCUT2D eigenvalue weighted by Crippen LogP contribution is 2.39. The number of imide groups is 1. The van der Waals surface area contributed by atoms with Crippen LogP contribution in [0.3, 0.4) is 0 Å². The Morgan fingerprint density at radius 3 is 2.24 bits per heavy atom. The Morgan fingerprint density at radius 2 is 1.76 bits per heavy atom. The molecule has 0 aromatic heterocycles. The average Bonchev–Trinajstić information content (AvgIpc) is 2.88. The number of rotatable bonds is 6. The third-order valence-corrected chi connectivity index (χ3v) is 5.01. The molecule has 1 aromatic carbocycles. The molecule has 1 aromatic rings. The van der Waals surface area contributed by atoms with Gasteiger partial charge in [-0.1, -0.05) is 13.8 Å². The molecule has 0 atom stereocenters. The zero-order valence-corrected chi connectivity index (χ0v) is 14.4. The van der Waals surface area contributed by atoms with Crippen LogP contribution < -0.4 is 4.90 Å². The Morgan fingerprint density at radius 1 is 1.16 bits per heavy atom.